The minimum Gasteiger partial charge on any atom is -0.296 e. The van der Waals surface area contributed by atoms with E-state index in [4.69, 9.17) is 5.84 Å². The smallest absolute Gasteiger partial charge is 0.128 e. The monoisotopic (exact) mass is 295 g/mol. The van der Waals surface area contributed by atoms with Crippen LogP contribution in [0.25, 0.3) is 0 Å². The molecule has 0 aromatic heterocycles. The summed E-state index contributed by atoms with van der Waals surface area (Å²) in [7, 11) is 0. The Balaban J connectivity index is 2.01. The second kappa shape index (κ2) is 5.99. The lowest BCUT2D eigenvalue weighted by molar-refractivity contribution is 0.0748. The molecule has 1 unspecified atom stereocenters. The van der Waals surface area contributed by atoms with Crippen LogP contribution in [0.1, 0.15) is 50.1 Å². The van der Waals surface area contributed by atoms with Crippen LogP contribution in [0.4, 0.5) is 8.78 Å². The summed E-state index contributed by atoms with van der Waals surface area (Å²) in [6.07, 6.45) is 6.54. The molecule has 2 aliphatic rings. The number of hydrogen-bond acceptors (Lipinski definition) is 3. The summed E-state index contributed by atoms with van der Waals surface area (Å²) in [5, 5.41) is 0. The highest BCUT2D eigenvalue weighted by Gasteiger charge is 2.47. The standard InChI is InChI=1S/C16H23F2N3/c17-12-5-6-14(18)13(11-12)15(20-19)16(7-1-2-8-16)21-9-3-4-10-21/h5-6,11,15,20H,1-4,7-10,19H2. The van der Waals surface area contributed by atoms with Crippen LogP contribution in [0.15, 0.2) is 18.2 Å². The van der Waals surface area contributed by atoms with Gasteiger partial charge in [-0.15, -0.1) is 0 Å². The van der Waals surface area contributed by atoms with Crippen LogP contribution in [0.2, 0.25) is 0 Å². The van der Waals surface area contributed by atoms with Gasteiger partial charge in [-0.2, -0.15) is 0 Å². The highest BCUT2D eigenvalue weighted by atomic mass is 19.1. The number of hydrogen-bond donors (Lipinski definition) is 2. The normalized spacial score (nSPS) is 23.6. The molecule has 1 aliphatic heterocycles. The lowest BCUT2D eigenvalue weighted by atomic mass is 9.82. The zero-order chi connectivity index (χ0) is 14.9. The fraction of sp³-hybridized carbons (Fsp3) is 0.625. The van der Waals surface area contributed by atoms with E-state index in [1.54, 1.807) is 0 Å². The Morgan fingerprint density at radius 3 is 2.38 bits per heavy atom. The van der Waals surface area contributed by atoms with Gasteiger partial charge in [0.05, 0.1) is 6.04 Å². The third kappa shape index (κ3) is 2.58. The third-order valence-electron chi connectivity index (χ3n) is 5.18. The first-order chi connectivity index (χ1) is 10.2. The van der Waals surface area contributed by atoms with Crippen LogP contribution in [0, 0.1) is 11.6 Å². The van der Waals surface area contributed by atoms with E-state index in [9.17, 15) is 8.78 Å². The first kappa shape index (κ1) is 14.9. The van der Waals surface area contributed by atoms with Crippen molar-refractivity contribution in [1.82, 2.24) is 10.3 Å². The number of nitrogens with two attached hydrogens (primary N) is 1. The summed E-state index contributed by atoms with van der Waals surface area (Å²) in [5.74, 6) is 4.99. The number of rotatable bonds is 4. The number of nitrogens with one attached hydrogen (secondary N) is 1. The number of likely N-dealkylation sites (tertiary alicyclic amines) is 1. The molecule has 21 heavy (non-hydrogen) atoms. The average Bonchev–Trinajstić information content (AvgIpc) is 3.14. The Labute approximate surface area is 124 Å². The Bertz CT molecular complexity index is 494. The Hall–Kier alpha value is -1.04. The van der Waals surface area contributed by atoms with Crippen molar-refractivity contribution in [3.8, 4) is 0 Å². The molecule has 3 rings (SSSR count). The van der Waals surface area contributed by atoms with Gasteiger partial charge in [-0.05, 0) is 57.0 Å². The van der Waals surface area contributed by atoms with Crippen LogP contribution in [0.5, 0.6) is 0 Å². The molecule has 1 aromatic carbocycles. The topological polar surface area (TPSA) is 41.3 Å². The van der Waals surface area contributed by atoms with E-state index < -0.39 is 5.82 Å². The summed E-state index contributed by atoms with van der Waals surface area (Å²) in [6.45, 7) is 2.05. The molecule has 1 aromatic rings. The highest BCUT2D eigenvalue weighted by Crippen LogP contribution is 2.46. The maximum absolute atomic E-state index is 14.2. The summed E-state index contributed by atoms with van der Waals surface area (Å²) >= 11 is 0. The highest BCUT2D eigenvalue weighted by molar-refractivity contribution is 5.27. The van der Waals surface area contributed by atoms with Gasteiger partial charge >= 0.3 is 0 Å². The van der Waals surface area contributed by atoms with Crippen LogP contribution < -0.4 is 11.3 Å². The minimum atomic E-state index is -0.416. The van der Waals surface area contributed by atoms with Crippen molar-refractivity contribution >= 4 is 0 Å². The van der Waals surface area contributed by atoms with Gasteiger partial charge in [0.1, 0.15) is 11.6 Å². The van der Waals surface area contributed by atoms with Gasteiger partial charge in [-0.1, -0.05) is 12.8 Å². The lowest BCUT2D eigenvalue weighted by Gasteiger charge is -2.45. The molecule has 3 nitrogen and oxygen atoms in total. The SMILES string of the molecule is NNC(c1cc(F)ccc1F)C1(N2CCCC2)CCCC1. The molecule has 1 saturated carbocycles. The Morgan fingerprint density at radius 2 is 1.76 bits per heavy atom. The van der Waals surface area contributed by atoms with E-state index in [0.29, 0.717) is 5.56 Å². The molecule has 5 heteroatoms. The predicted octanol–water partition coefficient (Wildman–Crippen LogP) is 2.88. The fourth-order valence-corrected chi connectivity index (χ4v) is 4.21. The maximum atomic E-state index is 14.2. The molecule has 0 bridgehead atoms. The van der Waals surface area contributed by atoms with E-state index in [-0.39, 0.29) is 17.4 Å². The van der Waals surface area contributed by atoms with Gasteiger partial charge in [-0.25, -0.2) is 8.78 Å². The van der Waals surface area contributed by atoms with Gasteiger partial charge in [-0.3, -0.25) is 16.2 Å². The van der Waals surface area contributed by atoms with Gasteiger partial charge < -0.3 is 0 Å². The average molecular weight is 295 g/mol. The van der Waals surface area contributed by atoms with Crippen molar-refractivity contribution in [2.75, 3.05) is 13.1 Å². The predicted molar refractivity (Wildman–Crippen MR) is 78.4 cm³/mol. The molecular weight excluding hydrogens is 272 g/mol. The molecule has 2 fully saturated rings. The maximum Gasteiger partial charge on any atom is 0.128 e. The van der Waals surface area contributed by atoms with E-state index >= 15 is 0 Å². The summed E-state index contributed by atoms with van der Waals surface area (Å²) in [5.41, 5.74) is 2.97. The molecule has 3 N–H and O–H groups in total. The molecule has 1 saturated heterocycles. The quantitative estimate of drug-likeness (QED) is 0.663. The summed E-state index contributed by atoms with van der Waals surface area (Å²) < 4.78 is 27.8. The molecule has 0 spiro atoms. The van der Waals surface area contributed by atoms with Crippen LogP contribution in [-0.4, -0.2) is 23.5 Å². The molecule has 1 heterocycles. The fourth-order valence-electron chi connectivity index (χ4n) is 4.21. The number of halogens is 2. The molecule has 0 radical (unpaired) electrons. The van der Waals surface area contributed by atoms with Crippen LogP contribution in [0.3, 0.4) is 0 Å². The molecule has 1 atom stereocenters. The largest absolute Gasteiger partial charge is 0.296 e. The first-order valence-corrected chi connectivity index (χ1v) is 7.83. The van der Waals surface area contributed by atoms with E-state index in [1.165, 1.54) is 25.0 Å². The molecular formula is C16H23F2N3. The minimum absolute atomic E-state index is 0.181. The summed E-state index contributed by atoms with van der Waals surface area (Å²) in [6, 6.07) is 3.27. The number of nitrogens with zero attached hydrogens (tertiary/aromatic N) is 1. The van der Waals surface area contributed by atoms with Gasteiger partial charge in [0.25, 0.3) is 0 Å². The zero-order valence-electron chi connectivity index (χ0n) is 12.2. The van der Waals surface area contributed by atoms with Gasteiger partial charge in [0, 0.05) is 11.1 Å². The summed E-state index contributed by atoms with van der Waals surface area (Å²) in [4.78, 5) is 2.44. The van der Waals surface area contributed by atoms with Gasteiger partial charge in [0.15, 0.2) is 0 Å². The Morgan fingerprint density at radius 1 is 1.10 bits per heavy atom. The third-order valence-corrected chi connectivity index (χ3v) is 5.18. The van der Waals surface area contributed by atoms with Crippen molar-refractivity contribution < 1.29 is 8.78 Å². The van der Waals surface area contributed by atoms with Crippen LogP contribution >= 0.6 is 0 Å². The van der Waals surface area contributed by atoms with Gasteiger partial charge in [0.2, 0.25) is 0 Å². The lowest BCUT2D eigenvalue weighted by Crippen LogP contribution is -2.55. The van der Waals surface area contributed by atoms with E-state index in [2.05, 4.69) is 10.3 Å². The second-order valence-corrected chi connectivity index (χ2v) is 6.27. The molecule has 0 amide bonds. The van der Waals surface area contributed by atoms with Crippen molar-refractivity contribution in [2.45, 2.75) is 50.1 Å². The first-order valence-electron chi connectivity index (χ1n) is 7.83. The van der Waals surface area contributed by atoms with E-state index in [1.807, 2.05) is 0 Å². The van der Waals surface area contributed by atoms with Crippen molar-refractivity contribution in [2.24, 2.45) is 5.84 Å². The Kier molecular flexibility index (Phi) is 4.24. The number of benzene rings is 1. The van der Waals surface area contributed by atoms with Crippen LogP contribution in [-0.2, 0) is 0 Å². The van der Waals surface area contributed by atoms with Crippen molar-refractivity contribution in [3.63, 3.8) is 0 Å². The van der Waals surface area contributed by atoms with Crippen molar-refractivity contribution in [1.29, 1.82) is 0 Å². The molecule has 1 aliphatic carbocycles. The zero-order valence-corrected chi connectivity index (χ0v) is 12.2. The van der Waals surface area contributed by atoms with Crippen molar-refractivity contribution in [3.05, 3.63) is 35.4 Å². The number of hydrazine groups is 1. The molecule has 116 valence electrons. The van der Waals surface area contributed by atoms with E-state index in [0.717, 1.165) is 44.8 Å². The second-order valence-electron chi connectivity index (χ2n) is 6.27.